The number of likely N-dealkylation sites (N-methyl/N-ethyl adjacent to an activating group) is 1. The second-order valence-electron chi connectivity index (χ2n) is 6.36. The number of pyridine rings is 1. The number of rotatable bonds is 3. The summed E-state index contributed by atoms with van der Waals surface area (Å²) < 4.78 is 1.95. The fourth-order valence-corrected chi connectivity index (χ4v) is 3.36. The zero-order valence-corrected chi connectivity index (χ0v) is 14.4. The molecule has 0 bridgehead atoms. The van der Waals surface area contributed by atoms with Crippen LogP contribution >= 0.6 is 0 Å². The molecule has 4 rings (SSSR count). The molecule has 1 amide bonds. The molecule has 0 saturated heterocycles. The summed E-state index contributed by atoms with van der Waals surface area (Å²) in [4.78, 5) is 29.3. The molecule has 2 aromatic heterocycles. The number of aryl methyl sites for hydroxylation is 1. The SMILES string of the molecule is CN1CCc2c(c3ccc(Nc4cccc([N+](=O)[O-])c4)nc3n2C)C1=O. The average Bonchev–Trinajstić information content (AvgIpc) is 2.91. The molecular formula is C18H17N5O3. The summed E-state index contributed by atoms with van der Waals surface area (Å²) in [5, 5.41) is 14.8. The molecule has 3 aromatic rings. The van der Waals surface area contributed by atoms with E-state index >= 15 is 0 Å². The number of nitrogens with one attached hydrogen (secondary N) is 1. The van der Waals surface area contributed by atoms with Crippen LogP contribution in [0.3, 0.4) is 0 Å². The first-order chi connectivity index (χ1) is 12.5. The lowest BCUT2D eigenvalue weighted by Gasteiger charge is -2.23. The average molecular weight is 351 g/mol. The molecule has 0 saturated carbocycles. The molecule has 1 aliphatic heterocycles. The van der Waals surface area contributed by atoms with E-state index < -0.39 is 4.92 Å². The van der Waals surface area contributed by atoms with Crippen molar-refractivity contribution in [3.8, 4) is 0 Å². The first kappa shape index (κ1) is 16.1. The van der Waals surface area contributed by atoms with E-state index in [0.29, 0.717) is 29.3 Å². The van der Waals surface area contributed by atoms with Crippen molar-refractivity contribution in [1.29, 1.82) is 0 Å². The third-order valence-corrected chi connectivity index (χ3v) is 4.73. The van der Waals surface area contributed by atoms with E-state index in [0.717, 1.165) is 17.5 Å². The van der Waals surface area contributed by atoms with E-state index in [-0.39, 0.29) is 11.6 Å². The minimum atomic E-state index is -0.435. The van der Waals surface area contributed by atoms with E-state index in [1.165, 1.54) is 12.1 Å². The normalized spacial score (nSPS) is 13.8. The molecule has 1 aromatic carbocycles. The Labute approximate surface area is 149 Å². The van der Waals surface area contributed by atoms with Crippen LogP contribution in [0.4, 0.5) is 17.2 Å². The van der Waals surface area contributed by atoms with Gasteiger partial charge in [-0.2, -0.15) is 0 Å². The summed E-state index contributed by atoms with van der Waals surface area (Å²) in [6.45, 7) is 0.689. The maximum atomic E-state index is 12.5. The number of amides is 1. The van der Waals surface area contributed by atoms with Crippen molar-refractivity contribution in [3.63, 3.8) is 0 Å². The first-order valence-corrected chi connectivity index (χ1v) is 8.21. The van der Waals surface area contributed by atoms with Crippen molar-refractivity contribution in [3.05, 3.63) is 57.8 Å². The van der Waals surface area contributed by atoms with Gasteiger partial charge < -0.3 is 14.8 Å². The molecule has 1 aliphatic rings. The molecule has 0 atom stereocenters. The number of fused-ring (bicyclic) bond motifs is 3. The van der Waals surface area contributed by atoms with E-state index in [1.807, 2.05) is 17.7 Å². The lowest BCUT2D eigenvalue weighted by atomic mass is 10.0. The molecule has 0 aliphatic carbocycles. The van der Waals surface area contributed by atoms with Gasteiger partial charge in [-0.3, -0.25) is 14.9 Å². The Morgan fingerprint density at radius 3 is 2.81 bits per heavy atom. The van der Waals surface area contributed by atoms with E-state index in [2.05, 4.69) is 10.3 Å². The quantitative estimate of drug-likeness (QED) is 0.578. The van der Waals surface area contributed by atoms with Gasteiger partial charge in [-0.15, -0.1) is 0 Å². The number of anilines is 2. The van der Waals surface area contributed by atoms with Gasteiger partial charge in [0, 0.05) is 56.0 Å². The fraction of sp³-hybridized carbons (Fsp3) is 0.222. The second kappa shape index (κ2) is 5.83. The van der Waals surface area contributed by atoms with Gasteiger partial charge >= 0.3 is 0 Å². The van der Waals surface area contributed by atoms with E-state index in [9.17, 15) is 14.9 Å². The number of carbonyl (C=O) groups excluding carboxylic acids is 1. The van der Waals surface area contributed by atoms with Crippen LogP contribution in [0.1, 0.15) is 16.1 Å². The number of benzene rings is 1. The topological polar surface area (TPSA) is 93.3 Å². The third-order valence-electron chi connectivity index (χ3n) is 4.73. The highest BCUT2D eigenvalue weighted by molar-refractivity contribution is 6.08. The first-order valence-electron chi connectivity index (χ1n) is 8.21. The summed E-state index contributed by atoms with van der Waals surface area (Å²) in [6, 6.07) is 9.92. The standard InChI is InChI=1S/C18H17N5O3/c1-21-9-8-14-16(18(21)24)13-6-7-15(20-17(13)22(14)2)19-11-4-3-5-12(10-11)23(25)26/h3-7,10H,8-9H2,1-2H3,(H,19,20). The summed E-state index contributed by atoms with van der Waals surface area (Å²) in [5.74, 6) is 0.579. The van der Waals surface area contributed by atoms with Crippen LogP contribution < -0.4 is 5.32 Å². The number of carbonyl (C=O) groups is 1. The van der Waals surface area contributed by atoms with Crippen molar-refractivity contribution < 1.29 is 9.72 Å². The molecule has 0 fully saturated rings. The molecule has 3 heterocycles. The lowest BCUT2D eigenvalue weighted by molar-refractivity contribution is -0.384. The Bertz CT molecular complexity index is 1060. The van der Waals surface area contributed by atoms with Crippen LogP contribution in [-0.4, -0.2) is 38.9 Å². The summed E-state index contributed by atoms with van der Waals surface area (Å²) >= 11 is 0. The fourth-order valence-electron chi connectivity index (χ4n) is 3.36. The zero-order valence-electron chi connectivity index (χ0n) is 14.4. The van der Waals surface area contributed by atoms with Gasteiger partial charge in [0.2, 0.25) is 0 Å². The molecule has 8 heteroatoms. The van der Waals surface area contributed by atoms with E-state index in [4.69, 9.17) is 0 Å². The number of nitro groups is 1. The van der Waals surface area contributed by atoms with Gasteiger partial charge in [0.25, 0.3) is 11.6 Å². The third kappa shape index (κ3) is 2.46. The van der Waals surface area contributed by atoms with Crippen LogP contribution in [-0.2, 0) is 13.5 Å². The minimum absolute atomic E-state index is 0.0121. The van der Waals surface area contributed by atoms with Crippen molar-refractivity contribution in [1.82, 2.24) is 14.5 Å². The van der Waals surface area contributed by atoms with Gasteiger partial charge in [0.15, 0.2) is 0 Å². The van der Waals surface area contributed by atoms with Crippen LogP contribution in [0.5, 0.6) is 0 Å². The molecule has 8 nitrogen and oxygen atoms in total. The molecule has 0 unspecified atom stereocenters. The maximum absolute atomic E-state index is 12.5. The molecule has 1 N–H and O–H groups in total. The molecule has 132 valence electrons. The van der Waals surface area contributed by atoms with Crippen molar-refractivity contribution in [2.24, 2.45) is 7.05 Å². The Balaban J connectivity index is 1.75. The van der Waals surface area contributed by atoms with Gasteiger partial charge in [-0.1, -0.05) is 6.07 Å². The number of nitrogens with zero attached hydrogens (tertiary/aromatic N) is 4. The monoisotopic (exact) mass is 351 g/mol. The van der Waals surface area contributed by atoms with Gasteiger partial charge in [0.05, 0.1) is 10.5 Å². The van der Waals surface area contributed by atoms with Crippen molar-refractivity contribution >= 4 is 34.1 Å². The highest BCUT2D eigenvalue weighted by Gasteiger charge is 2.28. The Morgan fingerprint density at radius 2 is 2.04 bits per heavy atom. The molecule has 0 radical (unpaired) electrons. The summed E-state index contributed by atoms with van der Waals surface area (Å²) in [5.41, 5.74) is 3.02. The molecular weight excluding hydrogens is 334 g/mol. The highest BCUT2D eigenvalue weighted by atomic mass is 16.6. The van der Waals surface area contributed by atoms with Crippen LogP contribution in [0.15, 0.2) is 36.4 Å². The van der Waals surface area contributed by atoms with Gasteiger partial charge in [-0.25, -0.2) is 4.98 Å². The molecule has 0 spiro atoms. The van der Waals surface area contributed by atoms with Crippen molar-refractivity contribution in [2.75, 3.05) is 18.9 Å². The number of hydrogen-bond donors (Lipinski definition) is 1. The van der Waals surface area contributed by atoms with Crippen molar-refractivity contribution in [2.45, 2.75) is 6.42 Å². The lowest BCUT2D eigenvalue weighted by Crippen LogP contribution is -2.34. The summed E-state index contributed by atoms with van der Waals surface area (Å²) in [7, 11) is 3.71. The smallest absolute Gasteiger partial charge is 0.271 e. The summed E-state index contributed by atoms with van der Waals surface area (Å²) in [6.07, 6.45) is 0.790. The number of hydrogen-bond acceptors (Lipinski definition) is 5. The Kier molecular flexibility index (Phi) is 3.61. The Morgan fingerprint density at radius 1 is 1.23 bits per heavy atom. The Hall–Kier alpha value is -3.42. The second-order valence-corrected chi connectivity index (χ2v) is 6.36. The number of non-ortho nitro benzene ring substituents is 1. The highest BCUT2D eigenvalue weighted by Crippen LogP contribution is 2.30. The van der Waals surface area contributed by atoms with E-state index in [1.54, 1.807) is 30.1 Å². The number of nitro benzene ring substituents is 1. The number of aromatic nitrogens is 2. The van der Waals surface area contributed by atoms with Crippen LogP contribution in [0.2, 0.25) is 0 Å². The van der Waals surface area contributed by atoms with Crippen LogP contribution in [0, 0.1) is 10.1 Å². The molecule has 26 heavy (non-hydrogen) atoms. The van der Waals surface area contributed by atoms with Gasteiger partial charge in [0.1, 0.15) is 11.5 Å². The zero-order chi connectivity index (χ0) is 18.4. The van der Waals surface area contributed by atoms with Gasteiger partial charge in [-0.05, 0) is 18.2 Å². The van der Waals surface area contributed by atoms with Crippen LogP contribution in [0.25, 0.3) is 11.0 Å². The predicted octanol–water partition coefficient (Wildman–Crippen LogP) is 2.85. The maximum Gasteiger partial charge on any atom is 0.271 e. The predicted molar refractivity (Wildman–Crippen MR) is 97.8 cm³/mol. The minimum Gasteiger partial charge on any atom is -0.341 e. The largest absolute Gasteiger partial charge is 0.341 e.